The van der Waals surface area contributed by atoms with Crippen molar-refractivity contribution in [3.05, 3.63) is 0 Å². The molecule has 4 heteroatoms. The third-order valence-corrected chi connectivity index (χ3v) is 3.79. The molecule has 1 atom stereocenters. The van der Waals surface area contributed by atoms with Gasteiger partial charge >= 0.3 is 0 Å². The monoisotopic (exact) mass is 205 g/mol. The molecular weight excluding hydrogens is 186 g/mol. The molecule has 1 aliphatic rings. The Kier molecular flexibility index (Phi) is 3.74. The standard InChI is InChI=1S/C9H19NO2S/c1-10-9(7-13(2,11)12)8-5-3-4-6-8/h8-10H,3-7H2,1-2H3. The van der Waals surface area contributed by atoms with Gasteiger partial charge in [-0.15, -0.1) is 0 Å². The van der Waals surface area contributed by atoms with E-state index >= 15 is 0 Å². The summed E-state index contributed by atoms with van der Waals surface area (Å²) < 4.78 is 22.2. The van der Waals surface area contributed by atoms with E-state index in [0.717, 1.165) is 0 Å². The average Bonchev–Trinajstić information content (AvgIpc) is 2.50. The van der Waals surface area contributed by atoms with E-state index in [1.165, 1.54) is 31.9 Å². The molecular formula is C9H19NO2S. The summed E-state index contributed by atoms with van der Waals surface area (Å²) >= 11 is 0. The number of hydrogen-bond donors (Lipinski definition) is 1. The van der Waals surface area contributed by atoms with Crippen LogP contribution in [0.15, 0.2) is 0 Å². The van der Waals surface area contributed by atoms with Gasteiger partial charge in [-0.2, -0.15) is 0 Å². The van der Waals surface area contributed by atoms with Crippen LogP contribution in [0.25, 0.3) is 0 Å². The zero-order valence-electron chi connectivity index (χ0n) is 8.41. The van der Waals surface area contributed by atoms with Crippen molar-refractivity contribution in [3.8, 4) is 0 Å². The van der Waals surface area contributed by atoms with Crippen LogP contribution in [-0.2, 0) is 9.84 Å². The maximum Gasteiger partial charge on any atom is 0.148 e. The molecule has 1 rings (SSSR count). The smallest absolute Gasteiger partial charge is 0.148 e. The molecule has 0 aromatic rings. The lowest BCUT2D eigenvalue weighted by molar-refractivity contribution is 0.404. The molecule has 1 unspecified atom stereocenters. The van der Waals surface area contributed by atoms with Gasteiger partial charge in [0.25, 0.3) is 0 Å². The largest absolute Gasteiger partial charge is 0.316 e. The van der Waals surface area contributed by atoms with Crippen LogP contribution >= 0.6 is 0 Å². The highest BCUT2D eigenvalue weighted by atomic mass is 32.2. The summed E-state index contributed by atoms with van der Waals surface area (Å²) in [6.07, 6.45) is 6.19. The lowest BCUT2D eigenvalue weighted by Crippen LogP contribution is -2.38. The minimum absolute atomic E-state index is 0.164. The van der Waals surface area contributed by atoms with Gasteiger partial charge in [-0.1, -0.05) is 12.8 Å². The molecule has 1 aliphatic carbocycles. The molecule has 0 spiro atoms. The molecule has 0 amide bonds. The van der Waals surface area contributed by atoms with Crippen molar-refractivity contribution >= 4 is 9.84 Å². The van der Waals surface area contributed by atoms with Gasteiger partial charge in [-0.25, -0.2) is 8.42 Å². The van der Waals surface area contributed by atoms with Gasteiger partial charge in [-0.05, 0) is 25.8 Å². The first-order chi connectivity index (χ1) is 6.03. The fourth-order valence-corrected chi connectivity index (χ4v) is 3.23. The van der Waals surface area contributed by atoms with Gasteiger partial charge in [0.05, 0.1) is 5.75 Å². The average molecular weight is 205 g/mol. The molecule has 3 nitrogen and oxygen atoms in total. The Morgan fingerprint density at radius 3 is 2.31 bits per heavy atom. The SMILES string of the molecule is CNC(CS(C)(=O)=O)C1CCCC1. The predicted octanol–water partition coefficient (Wildman–Crippen LogP) is 0.809. The number of sulfone groups is 1. The first-order valence-electron chi connectivity index (χ1n) is 4.88. The molecule has 13 heavy (non-hydrogen) atoms. The molecule has 1 N–H and O–H groups in total. The number of hydrogen-bond acceptors (Lipinski definition) is 3. The summed E-state index contributed by atoms with van der Waals surface area (Å²) in [4.78, 5) is 0. The summed E-state index contributed by atoms with van der Waals surface area (Å²) in [6.45, 7) is 0. The van der Waals surface area contributed by atoms with Crippen LogP contribution in [0.1, 0.15) is 25.7 Å². The first kappa shape index (κ1) is 11.0. The van der Waals surface area contributed by atoms with Crippen molar-refractivity contribution in [1.82, 2.24) is 5.32 Å². The minimum atomic E-state index is -2.84. The number of rotatable bonds is 4. The van der Waals surface area contributed by atoms with Crippen molar-refractivity contribution in [2.45, 2.75) is 31.7 Å². The molecule has 1 fully saturated rings. The van der Waals surface area contributed by atoms with Crippen LogP contribution in [0, 0.1) is 5.92 Å². The van der Waals surface area contributed by atoms with Gasteiger partial charge in [0, 0.05) is 12.3 Å². The molecule has 0 aliphatic heterocycles. The molecule has 1 saturated carbocycles. The van der Waals surface area contributed by atoms with Gasteiger partial charge < -0.3 is 5.32 Å². The molecule has 0 aromatic heterocycles. The normalized spacial score (nSPS) is 22.0. The van der Waals surface area contributed by atoms with E-state index in [9.17, 15) is 8.42 Å². The van der Waals surface area contributed by atoms with Crippen molar-refractivity contribution in [2.75, 3.05) is 19.1 Å². The highest BCUT2D eigenvalue weighted by Gasteiger charge is 2.26. The summed E-state index contributed by atoms with van der Waals surface area (Å²) in [5, 5.41) is 3.12. The van der Waals surface area contributed by atoms with Crippen LogP contribution < -0.4 is 5.32 Å². The Balaban J connectivity index is 2.51. The Labute approximate surface area is 80.8 Å². The molecule has 0 aromatic carbocycles. The van der Waals surface area contributed by atoms with E-state index in [1.54, 1.807) is 0 Å². The van der Waals surface area contributed by atoms with Gasteiger partial charge in [0.1, 0.15) is 9.84 Å². The van der Waals surface area contributed by atoms with Gasteiger partial charge in [-0.3, -0.25) is 0 Å². The fraction of sp³-hybridized carbons (Fsp3) is 1.00. The van der Waals surface area contributed by atoms with Crippen LogP contribution in [0.4, 0.5) is 0 Å². The Morgan fingerprint density at radius 1 is 1.38 bits per heavy atom. The Hall–Kier alpha value is -0.0900. The van der Waals surface area contributed by atoms with Crippen molar-refractivity contribution in [1.29, 1.82) is 0 Å². The summed E-state index contributed by atoms with van der Waals surface area (Å²) in [7, 11) is -0.980. The summed E-state index contributed by atoms with van der Waals surface area (Å²) in [5.74, 6) is 0.855. The highest BCUT2D eigenvalue weighted by Crippen LogP contribution is 2.28. The van der Waals surface area contributed by atoms with E-state index < -0.39 is 9.84 Å². The van der Waals surface area contributed by atoms with E-state index in [0.29, 0.717) is 5.92 Å². The molecule has 0 bridgehead atoms. The summed E-state index contributed by atoms with van der Waals surface area (Å²) in [5.41, 5.74) is 0. The van der Waals surface area contributed by atoms with E-state index in [-0.39, 0.29) is 11.8 Å². The first-order valence-corrected chi connectivity index (χ1v) is 6.94. The van der Waals surface area contributed by atoms with E-state index in [4.69, 9.17) is 0 Å². The second kappa shape index (κ2) is 4.42. The maximum absolute atomic E-state index is 11.1. The number of nitrogens with one attached hydrogen (secondary N) is 1. The van der Waals surface area contributed by atoms with Crippen molar-refractivity contribution in [2.24, 2.45) is 5.92 Å². The summed E-state index contributed by atoms with van der Waals surface area (Å²) in [6, 6.07) is 0.164. The lowest BCUT2D eigenvalue weighted by Gasteiger charge is -2.21. The molecule has 0 saturated heterocycles. The zero-order valence-corrected chi connectivity index (χ0v) is 9.23. The second-order valence-electron chi connectivity index (χ2n) is 4.03. The predicted molar refractivity (Wildman–Crippen MR) is 54.5 cm³/mol. The second-order valence-corrected chi connectivity index (χ2v) is 6.22. The van der Waals surface area contributed by atoms with Crippen LogP contribution in [0.3, 0.4) is 0 Å². The molecule has 78 valence electrons. The minimum Gasteiger partial charge on any atom is -0.316 e. The van der Waals surface area contributed by atoms with Crippen LogP contribution in [0.2, 0.25) is 0 Å². The lowest BCUT2D eigenvalue weighted by atomic mass is 10.0. The highest BCUT2D eigenvalue weighted by molar-refractivity contribution is 7.90. The third kappa shape index (κ3) is 3.65. The molecule has 0 radical (unpaired) electrons. The van der Waals surface area contributed by atoms with Crippen molar-refractivity contribution in [3.63, 3.8) is 0 Å². The fourth-order valence-electron chi connectivity index (χ4n) is 2.14. The Morgan fingerprint density at radius 2 is 1.92 bits per heavy atom. The van der Waals surface area contributed by atoms with Crippen LogP contribution in [0.5, 0.6) is 0 Å². The van der Waals surface area contributed by atoms with E-state index in [1.807, 2.05) is 7.05 Å². The van der Waals surface area contributed by atoms with Gasteiger partial charge in [0.15, 0.2) is 0 Å². The maximum atomic E-state index is 11.1. The van der Waals surface area contributed by atoms with Crippen molar-refractivity contribution < 1.29 is 8.42 Å². The quantitative estimate of drug-likeness (QED) is 0.739. The van der Waals surface area contributed by atoms with Crippen LogP contribution in [-0.4, -0.2) is 33.5 Å². The van der Waals surface area contributed by atoms with E-state index in [2.05, 4.69) is 5.32 Å². The third-order valence-electron chi connectivity index (χ3n) is 2.82. The zero-order chi connectivity index (χ0) is 9.90. The van der Waals surface area contributed by atoms with Gasteiger partial charge in [0.2, 0.25) is 0 Å². The Bertz CT molecular complexity index is 242. The topological polar surface area (TPSA) is 46.2 Å². The molecule has 0 heterocycles.